The predicted molar refractivity (Wildman–Crippen MR) is 40.9 cm³/mol. The van der Waals surface area contributed by atoms with Crippen LogP contribution in [0.4, 0.5) is 5.95 Å². The van der Waals surface area contributed by atoms with E-state index in [0.717, 1.165) is 5.69 Å². The minimum atomic E-state index is 0.131. The molecule has 2 heterocycles. The van der Waals surface area contributed by atoms with Gasteiger partial charge in [-0.3, -0.25) is 0 Å². The van der Waals surface area contributed by atoms with Gasteiger partial charge in [0.25, 0.3) is 11.8 Å². The van der Waals surface area contributed by atoms with Crippen molar-refractivity contribution in [2.45, 2.75) is 0 Å². The highest BCUT2D eigenvalue weighted by atomic mass is 16.5. The van der Waals surface area contributed by atoms with Gasteiger partial charge in [-0.2, -0.15) is 4.98 Å². The molecule has 2 N–H and O–H groups in total. The number of imidazole rings is 1. The molecular weight excluding hydrogens is 158 g/mol. The summed E-state index contributed by atoms with van der Waals surface area (Å²) in [5, 5.41) is 3.46. The summed E-state index contributed by atoms with van der Waals surface area (Å²) in [5.41, 5.74) is 6.04. The first-order valence-electron chi connectivity index (χ1n) is 3.33. The molecule has 62 valence electrons. The largest absolute Gasteiger partial charge is 0.365 e. The minimum Gasteiger partial charge on any atom is -0.365 e. The number of aryl methyl sites for hydroxylation is 1. The van der Waals surface area contributed by atoms with Crippen molar-refractivity contribution in [2.75, 3.05) is 5.73 Å². The van der Waals surface area contributed by atoms with E-state index in [9.17, 15) is 0 Å². The molecule has 0 spiro atoms. The normalized spacial score (nSPS) is 10.4. The number of anilines is 1. The molecule has 0 saturated heterocycles. The molecule has 0 atom stereocenters. The Labute approximate surface area is 68.0 Å². The average Bonchev–Trinajstić information content (AvgIpc) is 2.58. The van der Waals surface area contributed by atoms with Crippen molar-refractivity contribution >= 4 is 5.95 Å². The van der Waals surface area contributed by atoms with Crippen LogP contribution in [0.25, 0.3) is 11.6 Å². The molecule has 0 amide bonds. The second kappa shape index (κ2) is 2.33. The molecule has 0 aliphatic carbocycles. The Bertz CT molecular complexity index is 390. The molecule has 12 heavy (non-hydrogen) atoms. The zero-order chi connectivity index (χ0) is 8.55. The lowest BCUT2D eigenvalue weighted by Gasteiger charge is -1.92. The monoisotopic (exact) mass is 165 g/mol. The summed E-state index contributed by atoms with van der Waals surface area (Å²) in [6.07, 6.45) is 3.28. The zero-order valence-electron chi connectivity index (χ0n) is 6.43. The Hall–Kier alpha value is -1.85. The molecule has 2 rings (SSSR count). The van der Waals surface area contributed by atoms with Gasteiger partial charge >= 0.3 is 0 Å². The maximum Gasteiger partial charge on any atom is 0.277 e. The van der Waals surface area contributed by atoms with Crippen LogP contribution < -0.4 is 5.73 Å². The number of nitrogens with two attached hydrogens (primary N) is 1. The Morgan fingerprint density at radius 3 is 2.92 bits per heavy atom. The van der Waals surface area contributed by atoms with E-state index in [1.165, 1.54) is 0 Å². The van der Waals surface area contributed by atoms with Crippen molar-refractivity contribution in [3.8, 4) is 11.6 Å². The highest BCUT2D eigenvalue weighted by Crippen LogP contribution is 2.15. The first kappa shape index (κ1) is 6.84. The van der Waals surface area contributed by atoms with E-state index in [-0.39, 0.29) is 5.95 Å². The van der Waals surface area contributed by atoms with Crippen LogP contribution in [0.2, 0.25) is 0 Å². The zero-order valence-corrected chi connectivity index (χ0v) is 6.43. The molecule has 0 saturated carbocycles. The van der Waals surface area contributed by atoms with Crippen LogP contribution in [-0.4, -0.2) is 19.7 Å². The fourth-order valence-corrected chi connectivity index (χ4v) is 0.902. The highest BCUT2D eigenvalue weighted by molar-refractivity contribution is 5.46. The van der Waals surface area contributed by atoms with E-state index in [2.05, 4.69) is 15.1 Å². The Morgan fingerprint density at radius 2 is 2.42 bits per heavy atom. The SMILES string of the molecule is Cn1cncc1-c1nc(N)no1. The van der Waals surface area contributed by atoms with Crippen molar-refractivity contribution in [3.63, 3.8) is 0 Å². The minimum absolute atomic E-state index is 0.131. The van der Waals surface area contributed by atoms with E-state index >= 15 is 0 Å². The Balaban J connectivity index is 2.50. The molecule has 2 aromatic rings. The second-order valence-corrected chi connectivity index (χ2v) is 2.35. The molecule has 0 bridgehead atoms. The summed E-state index contributed by atoms with van der Waals surface area (Å²) in [6, 6.07) is 0. The standard InChI is InChI=1S/C6H7N5O/c1-11-3-8-2-4(11)5-9-6(7)10-12-5/h2-3H,1H3,(H2,7,10). The van der Waals surface area contributed by atoms with Crippen LogP contribution in [0.1, 0.15) is 0 Å². The van der Waals surface area contributed by atoms with Gasteiger partial charge in [-0.15, -0.1) is 0 Å². The molecule has 0 radical (unpaired) electrons. The second-order valence-electron chi connectivity index (χ2n) is 2.35. The summed E-state index contributed by atoms with van der Waals surface area (Å²) in [7, 11) is 1.84. The van der Waals surface area contributed by atoms with Crippen molar-refractivity contribution < 1.29 is 4.52 Å². The Morgan fingerprint density at radius 1 is 1.58 bits per heavy atom. The van der Waals surface area contributed by atoms with Crippen LogP contribution in [0, 0.1) is 0 Å². The van der Waals surface area contributed by atoms with E-state index in [1.807, 2.05) is 7.05 Å². The van der Waals surface area contributed by atoms with Crippen LogP contribution in [-0.2, 0) is 7.05 Å². The third-order valence-electron chi connectivity index (χ3n) is 1.48. The van der Waals surface area contributed by atoms with Crippen molar-refractivity contribution in [1.29, 1.82) is 0 Å². The lowest BCUT2D eigenvalue weighted by molar-refractivity contribution is 0.430. The van der Waals surface area contributed by atoms with Crippen molar-refractivity contribution in [2.24, 2.45) is 7.05 Å². The van der Waals surface area contributed by atoms with Crippen molar-refractivity contribution in [3.05, 3.63) is 12.5 Å². The first-order chi connectivity index (χ1) is 5.77. The van der Waals surface area contributed by atoms with Gasteiger partial charge in [-0.25, -0.2) is 4.98 Å². The molecule has 0 aromatic carbocycles. The van der Waals surface area contributed by atoms with E-state index in [0.29, 0.717) is 5.89 Å². The van der Waals surface area contributed by atoms with Gasteiger partial charge < -0.3 is 14.8 Å². The van der Waals surface area contributed by atoms with Gasteiger partial charge in [0, 0.05) is 7.05 Å². The van der Waals surface area contributed by atoms with Gasteiger partial charge in [0.15, 0.2) is 0 Å². The summed E-state index contributed by atoms with van der Waals surface area (Å²) in [6.45, 7) is 0. The number of nitrogens with zero attached hydrogens (tertiary/aromatic N) is 4. The topological polar surface area (TPSA) is 82.8 Å². The quantitative estimate of drug-likeness (QED) is 0.645. The molecular formula is C6H7N5O. The molecule has 0 aliphatic rings. The summed E-state index contributed by atoms with van der Waals surface area (Å²) >= 11 is 0. The maximum absolute atomic E-state index is 5.29. The van der Waals surface area contributed by atoms with Gasteiger partial charge in [0.1, 0.15) is 5.69 Å². The van der Waals surface area contributed by atoms with Crippen LogP contribution in [0.3, 0.4) is 0 Å². The van der Waals surface area contributed by atoms with E-state index < -0.39 is 0 Å². The molecule has 6 nitrogen and oxygen atoms in total. The smallest absolute Gasteiger partial charge is 0.277 e. The van der Waals surface area contributed by atoms with Gasteiger partial charge in [0.2, 0.25) is 0 Å². The molecule has 0 unspecified atom stereocenters. The van der Waals surface area contributed by atoms with Crippen LogP contribution >= 0.6 is 0 Å². The number of aromatic nitrogens is 4. The number of nitrogen functional groups attached to an aromatic ring is 1. The first-order valence-corrected chi connectivity index (χ1v) is 3.33. The highest BCUT2D eigenvalue weighted by Gasteiger charge is 2.09. The van der Waals surface area contributed by atoms with E-state index in [1.54, 1.807) is 17.1 Å². The van der Waals surface area contributed by atoms with E-state index in [4.69, 9.17) is 10.3 Å². The third kappa shape index (κ3) is 0.931. The van der Waals surface area contributed by atoms with Gasteiger partial charge in [0.05, 0.1) is 12.5 Å². The molecule has 0 aliphatic heterocycles. The van der Waals surface area contributed by atoms with Crippen LogP contribution in [0.15, 0.2) is 17.0 Å². The average molecular weight is 165 g/mol. The summed E-state index contributed by atoms with van der Waals surface area (Å²) < 4.78 is 6.61. The molecule has 0 fully saturated rings. The predicted octanol–water partition coefficient (Wildman–Crippen LogP) is 0.0523. The maximum atomic E-state index is 5.29. The van der Waals surface area contributed by atoms with Gasteiger partial charge in [-0.1, -0.05) is 0 Å². The number of hydrogen-bond acceptors (Lipinski definition) is 5. The number of hydrogen-bond donors (Lipinski definition) is 1. The summed E-state index contributed by atoms with van der Waals surface area (Å²) in [4.78, 5) is 7.75. The third-order valence-corrected chi connectivity index (χ3v) is 1.48. The van der Waals surface area contributed by atoms with Crippen LogP contribution in [0.5, 0.6) is 0 Å². The molecule has 6 heteroatoms. The Kier molecular flexibility index (Phi) is 1.33. The van der Waals surface area contributed by atoms with Gasteiger partial charge in [-0.05, 0) is 5.16 Å². The lowest BCUT2D eigenvalue weighted by atomic mass is 10.5. The molecule has 2 aromatic heterocycles. The number of rotatable bonds is 1. The summed E-state index contributed by atoms with van der Waals surface area (Å²) in [5.74, 6) is 0.513. The fraction of sp³-hybridized carbons (Fsp3) is 0.167. The fourth-order valence-electron chi connectivity index (χ4n) is 0.902. The lowest BCUT2D eigenvalue weighted by Crippen LogP contribution is -1.90. The van der Waals surface area contributed by atoms with Crippen molar-refractivity contribution in [1.82, 2.24) is 19.7 Å².